The van der Waals surface area contributed by atoms with Gasteiger partial charge in [0.25, 0.3) is 0 Å². The number of alkyl halides is 1. The first-order valence-electron chi connectivity index (χ1n) is 9.11. The van der Waals surface area contributed by atoms with Crippen LogP contribution in [0.5, 0.6) is 0 Å². The Kier molecular flexibility index (Phi) is 3.83. The molecule has 0 bridgehead atoms. The van der Waals surface area contributed by atoms with Gasteiger partial charge in [-0.25, -0.2) is 18.4 Å². The predicted octanol–water partition coefficient (Wildman–Crippen LogP) is 1.00. The van der Waals surface area contributed by atoms with Crippen LogP contribution in [0.3, 0.4) is 0 Å². The van der Waals surface area contributed by atoms with Gasteiger partial charge in [-0.05, 0) is 12.1 Å². The van der Waals surface area contributed by atoms with Gasteiger partial charge in [0.1, 0.15) is 11.7 Å². The van der Waals surface area contributed by atoms with Crippen LogP contribution in [0.1, 0.15) is 6.92 Å². The van der Waals surface area contributed by atoms with Crippen molar-refractivity contribution in [2.75, 3.05) is 24.1 Å². The molecule has 148 valence electrons. The molecule has 5 rings (SSSR count). The first-order valence-corrected chi connectivity index (χ1v) is 9.11. The van der Waals surface area contributed by atoms with Crippen molar-refractivity contribution in [1.29, 1.82) is 0 Å². The van der Waals surface area contributed by atoms with E-state index < -0.39 is 12.2 Å². The summed E-state index contributed by atoms with van der Waals surface area (Å²) in [5.74, 6) is 0.287. The maximum atomic E-state index is 14.3. The van der Waals surface area contributed by atoms with Gasteiger partial charge in [-0.2, -0.15) is 10.1 Å². The van der Waals surface area contributed by atoms with Crippen molar-refractivity contribution in [2.24, 2.45) is 0 Å². The van der Waals surface area contributed by atoms with Crippen LogP contribution in [0.2, 0.25) is 0 Å². The highest BCUT2D eigenvalue weighted by Crippen LogP contribution is 2.28. The van der Waals surface area contributed by atoms with Crippen LogP contribution in [-0.2, 0) is 4.79 Å². The van der Waals surface area contributed by atoms with Gasteiger partial charge in [-0.15, -0.1) is 5.10 Å². The largest absolute Gasteiger partial charge is 0.382 e. The number of hydrogen-bond acceptors (Lipinski definition) is 7. The van der Waals surface area contributed by atoms with Crippen LogP contribution >= 0.6 is 0 Å². The topological polar surface area (TPSA) is 119 Å². The Hall–Kier alpha value is -3.76. The van der Waals surface area contributed by atoms with Gasteiger partial charge in [0.05, 0.1) is 24.5 Å². The molecule has 3 N–H and O–H groups in total. The Balaban J connectivity index is 1.47. The third-order valence-electron chi connectivity index (χ3n) is 5.08. The molecule has 0 radical (unpaired) electrons. The number of likely N-dealkylation sites (tertiary alicyclic amines) is 1. The molecule has 10 nitrogen and oxygen atoms in total. The average molecular weight is 395 g/mol. The molecule has 1 saturated heterocycles. The van der Waals surface area contributed by atoms with Crippen molar-refractivity contribution in [3.05, 3.63) is 36.8 Å². The summed E-state index contributed by atoms with van der Waals surface area (Å²) in [5.41, 5.74) is 9.02. The lowest BCUT2D eigenvalue weighted by Crippen LogP contribution is -2.32. The summed E-state index contributed by atoms with van der Waals surface area (Å²) < 4.78 is 17.5. The molecule has 0 spiro atoms. The van der Waals surface area contributed by atoms with Crippen molar-refractivity contribution in [2.45, 2.75) is 19.1 Å². The number of anilines is 2. The standard InChI is InChI=1S/C18H18FN9O/c1-10(29)26-8-12(19)14(9-26)23-18-24-17(20)16-11(3-6-28(16)25-18)13-4-7-27-15(22-13)2-5-21-27/h2-7,12,14H,8-9H2,1H3,(H3,20,23,24,25)/t12-,14+/m0/s1. The SMILES string of the molecule is CC(=O)N1C[C@H](F)[C@H](Nc2nc(N)c3c(-c4ccn5nccc5n4)ccn3n2)C1. The van der Waals surface area contributed by atoms with Crippen LogP contribution in [0.4, 0.5) is 16.2 Å². The third kappa shape index (κ3) is 2.91. The molecule has 0 unspecified atom stereocenters. The molecule has 1 amide bonds. The van der Waals surface area contributed by atoms with Crippen LogP contribution < -0.4 is 11.1 Å². The van der Waals surface area contributed by atoms with E-state index in [0.717, 1.165) is 5.56 Å². The Morgan fingerprint density at radius 3 is 2.83 bits per heavy atom. The van der Waals surface area contributed by atoms with E-state index >= 15 is 0 Å². The molecule has 0 saturated carbocycles. The number of rotatable bonds is 3. The van der Waals surface area contributed by atoms with E-state index in [9.17, 15) is 9.18 Å². The Morgan fingerprint density at radius 2 is 2.03 bits per heavy atom. The minimum Gasteiger partial charge on any atom is -0.382 e. The van der Waals surface area contributed by atoms with Crippen molar-refractivity contribution >= 4 is 28.8 Å². The van der Waals surface area contributed by atoms with Gasteiger partial charge in [0.2, 0.25) is 11.9 Å². The predicted molar refractivity (Wildman–Crippen MR) is 104 cm³/mol. The summed E-state index contributed by atoms with van der Waals surface area (Å²) in [6.45, 7) is 1.73. The zero-order chi connectivity index (χ0) is 20.1. The Morgan fingerprint density at radius 1 is 1.21 bits per heavy atom. The number of amides is 1. The van der Waals surface area contributed by atoms with Gasteiger partial charge in [-0.1, -0.05) is 0 Å². The molecule has 4 aromatic rings. The number of aromatic nitrogens is 6. The van der Waals surface area contributed by atoms with Gasteiger partial charge in [0.15, 0.2) is 11.5 Å². The number of halogens is 1. The summed E-state index contributed by atoms with van der Waals surface area (Å²) in [4.78, 5) is 21.8. The monoisotopic (exact) mass is 395 g/mol. The van der Waals surface area contributed by atoms with Crippen molar-refractivity contribution in [1.82, 2.24) is 34.1 Å². The zero-order valence-electron chi connectivity index (χ0n) is 15.5. The van der Waals surface area contributed by atoms with E-state index in [4.69, 9.17) is 5.73 Å². The number of carbonyl (C=O) groups is 1. The van der Waals surface area contributed by atoms with Crippen LogP contribution in [0.25, 0.3) is 22.4 Å². The van der Waals surface area contributed by atoms with Crippen molar-refractivity contribution in [3.63, 3.8) is 0 Å². The maximum absolute atomic E-state index is 14.3. The van der Waals surface area contributed by atoms with E-state index in [-0.39, 0.29) is 30.8 Å². The van der Waals surface area contributed by atoms with Gasteiger partial charge < -0.3 is 16.0 Å². The number of nitrogens with zero attached hydrogens (tertiary/aromatic N) is 7. The highest BCUT2D eigenvalue weighted by Gasteiger charge is 2.34. The molecule has 1 fully saturated rings. The van der Waals surface area contributed by atoms with E-state index in [0.29, 0.717) is 16.9 Å². The van der Waals surface area contributed by atoms with Crippen LogP contribution in [-0.4, -0.2) is 65.3 Å². The Bertz CT molecular complexity index is 1230. The van der Waals surface area contributed by atoms with Crippen LogP contribution in [0, 0.1) is 0 Å². The summed E-state index contributed by atoms with van der Waals surface area (Å²) in [6.07, 6.45) is 4.04. The molecule has 0 aliphatic carbocycles. The minimum atomic E-state index is -1.20. The molecule has 2 atom stereocenters. The highest BCUT2D eigenvalue weighted by atomic mass is 19.1. The third-order valence-corrected chi connectivity index (χ3v) is 5.08. The van der Waals surface area contributed by atoms with Crippen molar-refractivity contribution in [3.8, 4) is 11.3 Å². The first-order chi connectivity index (χ1) is 14.0. The first kappa shape index (κ1) is 17.3. The number of hydrogen-bond donors (Lipinski definition) is 2. The fraction of sp³-hybridized carbons (Fsp3) is 0.278. The van der Waals surface area contributed by atoms with Gasteiger partial charge >= 0.3 is 0 Å². The summed E-state index contributed by atoms with van der Waals surface area (Å²) in [6, 6.07) is 4.91. The fourth-order valence-electron chi connectivity index (χ4n) is 3.61. The molecule has 0 aromatic carbocycles. The summed E-state index contributed by atoms with van der Waals surface area (Å²) in [5, 5.41) is 11.5. The molecular formula is C18H18FN9O. The summed E-state index contributed by atoms with van der Waals surface area (Å²) >= 11 is 0. The lowest BCUT2D eigenvalue weighted by molar-refractivity contribution is -0.128. The number of fused-ring (bicyclic) bond motifs is 2. The number of nitrogens with one attached hydrogen (secondary N) is 1. The summed E-state index contributed by atoms with van der Waals surface area (Å²) in [7, 11) is 0. The fourth-order valence-corrected chi connectivity index (χ4v) is 3.61. The lowest BCUT2D eigenvalue weighted by Gasteiger charge is -2.15. The number of nitrogen functional groups attached to an aromatic ring is 1. The smallest absolute Gasteiger partial charge is 0.243 e. The van der Waals surface area contributed by atoms with Crippen molar-refractivity contribution < 1.29 is 9.18 Å². The van der Waals surface area contributed by atoms with Gasteiger partial charge in [-0.3, -0.25) is 4.79 Å². The van der Waals surface area contributed by atoms with E-state index in [2.05, 4.69) is 25.5 Å². The number of carbonyl (C=O) groups excluding carboxylic acids is 1. The molecule has 29 heavy (non-hydrogen) atoms. The minimum absolute atomic E-state index is 0.0567. The molecule has 1 aliphatic rings. The Labute approximate surface area is 164 Å². The second kappa shape index (κ2) is 6.40. The zero-order valence-corrected chi connectivity index (χ0v) is 15.5. The maximum Gasteiger partial charge on any atom is 0.243 e. The van der Waals surface area contributed by atoms with Gasteiger partial charge in [0, 0.05) is 37.5 Å². The average Bonchev–Trinajstić information content (AvgIpc) is 3.40. The quantitative estimate of drug-likeness (QED) is 0.531. The molecule has 4 aromatic heterocycles. The van der Waals surface area contributed by atoms with Crippen LogP contribution in [0.15, 0.2) is 36.8 Å². The second-order valence-corrected chi connectivity index (χ2v) is 6.98. The van der Waals surface area contributed by atoms with E-state index in [1.165, 1.54) is 11.8 Å². The molecule has 5 heterocycles. The number of nitrogens with two attached hydrogens (primary N) is 1. The normalized spacial score (nSPS) is 19.3. The lowest BCUT2D eigenvalue weighted by atomic mass is 10.2. The molecule has 11 heteroatoms. The van der Waals surface area contributed by atoms with E-state index in [1.807, 2.05) is 24.4 Å². The molecular weight excluding hydrogens is 377 g/mol. The highest BCUT2D eigenvalue weighted by molar-refractivity contribution is 5.86. The van der Waals surface area contributed by atoms with E-state index in [1.54, 1.807) is 21.4 Å². The second-order valence-electron chi connectivity index (χ2n) is 6.98. The molecule has 1 aliphatic heterocycles.